The van der Waals surface area contributed by atoms with Crippen LogP contribution in [0.4, 0.5) is 0 Å². The van der Waals surface area contributed by atoms with Crippen LogP contribution < -0.4 is 0 Å². The Morgan fingerprint density at radius 1 is 1.12 bits per heavy atom. The molecule has 1 aromatic carbocycles. The minimum Gasteiger partial charge on any atom is -0.748 e. The van der Waals surface area contributed by atoms with Crippen molar-refractivity contribution in [3.8, 4) is 0 Å². The third-order valence-electron chi connectivity index (χ3n) is 6.01. The van der Waals surface area contributed by atoms with Crippen LogP contribution in [0.5, 0.6) is 0 Å². The highest BCUT2D eigenvalue weighted by molar-refractivity contribution is 9.13. The van der Waals surface area contributed by atoms with Gasteiger partial charge in [-0.05, 0) is 87.9 Å². The Morgan fingerprint density at radius 3 is 2.31 bits per heavy atom. The lowest BCUT2D eigenvalue weighted by molar-refractivity contribution is -0.125. The van der Waals surface area contributed by atoms with Crippen LogP contribution >= 0.6 is 47.8 Å². The van der Waals surface area contributed by atoms with Crippen LogP contribution in [0.3, 0.4) is 0 Å². The molecule has 0 aliphatic heterocycles. The van der Waals surface area contributed by atoms with E-state index >= 15 is 0 Å². The second-order valence-electron chi connectivity index (χ2n) is 7.92. The molecule has 4 bridgehead atoms. The van der Waals surface area contributed by atoms with Gasteiger partial charge in [0.1, 0.15) is 15.7 Å². The summed E-state index contributed by atoms with van der Waals surface area (Å²) in [6.07, 6.45) is 3.13. The molecule has 142 valence electrons. The fourth-order valence-corrected chi connectivity index (χ4v) is 8.40. The molecule has 5 nitrogen and oxygen atoms in total. The van der Waals surface area contributed by atoms with Crippen molar-refractivity contribution < 1.29 is 22.5 Å². The van der Waals surface area contributed by atoms with E-state index in [1.807, 2.05) is 6.07 Å². The van der Waals surface area contributed by atoms with Gasteiger partial charge in [-0.15, -0.1) is 0 Å². The topological polar surface area (TPSA) is 83.5 Å². The van der Waals surface area contributed by atoms with Gasteiger partial charge in [0.05, 0.1) is 10.3 Å². The molecule has 0 spiro atoms. The Kier molecular flexibility index (Phi) is 4.67. The molecule has 2 unspecified atom stereocenters. The van der Waals surface area contributed by atoms with Gasteiger partial charge in [-0.25, -0.2) is 13.2 Å². The largest absolute Gasteiger partial charge is 0.748 e. The molecule has 9 heteroatoms. The van der Waals surface area contributed by atoms with E-state index in [-0.39, 0.29) is 18.3 Å². The molecule has 2 atom stereocenters. The number of ether oxygens (including phenoxy) is 1. The highest BCUT2D eigenvalue weighted by Crippen LogP contribution is 2.61. The first-order valence-electron chi connectivity index (χ1n) is 8.36. The fraction of sp³-hybridized carbons (Fsp3) is 0.588. The van der Waals surface area contributed by atoms with Crippen LogP contribution in [0.1, 0.15) is 48.9 Å². The highest BCUT2D eigenvalue weighted by Gasteiger charge is 2.62. The molecule has 5 rings (SSSR count). The molecule has 0 amide bonds. The first-order chi connectivity index (χ1) is 12.0. The van der Waals surface area contributed by atoms with Gasteiger partial charge in [-0.1, -0.05) is 15.9 Å². The Morgan fingerprint density at radius 2 is 1.73 bits per heavy atom. The molecular formula is C17H16Br3O5S-. The van der Waals surface area contributed by atoms with Crippen molar-refractivity contribution in [2.75, 3.05) is 0 Å². The van der Waals surface area contributed by atoms with E-state index in [1.54, 1.807) is 6.07 Å². The van der Waals surface area contributed by atoms with Crippen molar-refractivity contribution in [1.82, 2.24) is 0 Å². The van der Waals surface area contributed by atoms with Crippen LogP contribution in [0.25, 0.3) is 0 Å². The maximum absolute atomic E-state index is 12.9. The van der Waals surface area contributed by atoms with Gasteiger partial charge in [0.15, 0.2) is 0 Å². The maximum atomic E-state index is 12.9. The Hall–Kier alpha value is 0.0400. The Balaban J connectivity index is 1.67. The summed E-state index contributed by atoms with van der Waals surface area (Å²) < 4.78 is 42.7. The second-order valence-corrected chi connectivity index (χ2v) is 12.3. The zero-order chi connectivity index (χ0) is 18.9. The first kappa shape index (κ1) is 19.4. The van der Waals surface area contributed by atoms with Crippen molar-refractivity contribution in [2.24, 2.45) is 11.8 Å². The number of hydrogen-bond acceptors (Lipinski definition) is 5. The van der Waals surface area contributed by atoms with Crippen molar-refractivity contribution in [3.63, 3.8) is 0 Å². The van der Waals surface area contributed by atoms with Crippen LogP contribution in [0, 0.1) is 11.8 Å². The number of halogens is 3. The average Bonchev–Trinajstić information content (AvgIpc) is 2.47. The highest BCUT2D eigenvalue weighted by atomic mass is 79.9. The van der Waals surface area contributed by atoms with E-state index < -0.39 is 26.4 Å². The summed E-state index contributed by atoms with van der Waals surface area (Å²) in [7, 11) is -4.45. The Labute approximate surface area is 177 Å². The lowest BCUT2D eigenvalue weighted by atomic mass is 9.53. The zero-order valence-electron chi connectivity index (χ0n) is 13.6. The first-order valence-corrected chi connectivity index (χ1v) is 12.1. The minimum atomic E-state index is -4.45. The molecular weight excluding hydrogens is 556 g/mol. The third-order valence-corrected chi connectivity index (χ3v) is 10.0. The van der Waals surface area contributed by atoms with E-state index in [2.05, 4.69) is 47.8 Å². The van der Waals surface area contributed by atoms with Crippen molar-refractivity contribution in [2.45, 2.75) is 48.9 Å². The van der Waals surface area contributed by atoms with E-state index in [0.29, 0.717) is 40.2 Å². The lowest BCUT2D eigenvalue weighted by Crippen LogP contribution is -2.63. The quantitative estimate of drug-likeness (QED) is 0.297. The molecule has 26 heavy (non-hydrogen) atoms. The van der Waals surface area contributed by atoms with E-state index in [4.69, 9.17) is 4.74 Å². The van der Waals surface area contributed by atoms with Gasteiger partial charge < -0.3 is 9.29 Å². The predicted molar refractivity (Wildman–Crippen MR) is 105 cm³/mol. The van der Waals surface area contributed by atoms with Gasteiger partial charge in [-0.3, -0.25) is 0 Å². The summed E-state index contributed by atoms with van der Waals surface area (Å²) in [5.41, 5.74) is -0.492. The van der Waals surface area contributed by atoms with Gasteiger partial charge in [0.25, 0.3) is 0 Å². The van der Waals surface area contributed by atoms with Gasteiger partial charge >= 0.3 is 5.97 Å². The van der Waals surface area contributed by atoms with Crippen LogP contribution in [0.15, 0.2) is 25.6 Å². The molecule has 4 aliphatic carbocycles. The molecule has 1 aromatic rings. The number of benzene rings is 1. The average molecular weight is 572 g/mol. The number of rotatable bonds is 3. The number of esters is 1. The summed E-state index contributed by atoms with van der Waals surface area (Å²) in [5.74, 6) is -0.241. The molecule has 4 saturated carbocycles. The number of carbonyl (C=O) groups excluding carboxylic acids is 1. The molecule has 0 N–H and O–H groups in total. The summed E-state index contributed by atoms with van der Waals surface area (Å²) in [5, 5.41) is 0. The van der Waals surface area contributed by atoms with Crippen molar-refractivity contribution in [3.05, 3.63) is 31.1 Å². The molecule has 4 aliphatic rings. The molecule has 4 fully saturated rings. The molecule has 0 radical (unpaired) electrons. The Bertz CT molecular complexity index is 884. The maximum Gasteiger partial charge on any atom is 0.339 e. The van der Waals surface area contributed by atoms with Gasteiger partial charge in [0, 0.05) is 19.8 Å². The van der Waals surface area contributed by atoms with Crippen LogP contribution in [-0.2, 0) is 14.9 Å². The second kappa shape index (κ2) is 6.27. The SMILES string of the molecule is O=C(OC12CC3CC(C1)CC(S(=O)(=O)[O-])(C3)C2)c1cc(Br)cc(Br)c1Br. The van der Waals surface area contributed by atoms with Crippen LogP contribution in [0.2, 0.25) is 0 Å². The number of carbonyl (C=O) groups is 1. The van der Waals surface area contributed by atoms with Crippen LogP contribution in [-0.4, -0.2) is 29.3 Å². The number of hydrogen-bond donors (Lipinski definition) is 0. The van der Waals surface area contributed by atoms with Gasteiger partial charge in [-0.2, -0.15) is 0 Å². The summed E-state index contributed by atoms with van der Waals surface area (Å²) in [6.45, 7) is 0. The summed E-state index contributed by atoms with van der Waals surface area (Å²) in [4.78, 5) is 12.9. The smallest absolute Gasteiger partial charge is 0.339 e. The van der Waals surface area contributed by atoms with Crippen molar-refractivity contribution >= 4 is 63.9 Å². The lowest BCUT2D eigenvalue weighted by Gasteiger charge is -2.61. The van der Waals surface area contributed by atoms with E-state index in [0.717, 1.165) is 10.9 Å². The predicted octanol–water partition coefficient (Wildman–Crippen LogP) is 4.77. The normalized spacial score (nSPS) is 35.5. The third kappa shape index (κ3) is 3.11. The van der Waals surface area contributed by atoms with Crippen molar-refractivity contribution in [1.29, 1.82) is 0 Å². The fourth-order valence-electron chi connectivity index (χ4n) is 5.46. The zero-order valence-corrected chi connectivity index (χ0v) is 19.2. The molecule has 0 aromatic heterocycles. The molecule has 0 saturated heterocycles. The van der Waals surface area contributed by atoms with E-state index in [9.17, 15) is 17.8 Å². The van der Waals surface area contributed by atoms with Gasteiger partial charge in [0.2, 0.25) is 0 Å². The summed E-state index contributed by atoms with van der Waals surface area (Å²) in [6, 6.07) is 3.47. The minimum absolute atomic E-state index is 0.122. The van der Waals surface area contributed by atoms with E-state index in [1.165, 1.54) is 0 Å². The standard InChI is InChI=1S/C17H17Br3O5S/c18-11-2-12(14(20)13(19)3-11)15(21)25-16-4-9-1-10(5-16)7-17(6-9,8-16)26(22,23)24/h2-3,9-10H,1,4-8H2,(H,22,23,24)/p-1. The molecule has 0 heterocycles. The summed E-state index contributed by atoms with van der Waals surface area (Å²) >= 11 is 10.1. The monoisotopic (exact) mass is 569 g/mol.